The molecule has 0 unspecified atom stereocenters. The molecule has 33 heavy (non-hydrogen) atoms. The van der Waals surface area contributed by atoms with Gasteiger partial charge in [-0.15, -0.1) is 0 Å². The Morgan fingerprint density at radius 2 is 1.91 bits per heavy atom. The molecule has 1 aromatic heterocycles. The number of non-ortho nitro benzene ring substituents is 1. The van der Waals surface area contributed by atoms with Crippen LogP contribution in [0.1, 0.15) is 12.5 Å². The second-order valence-electron chi connectivity index (χ2n) is 6.81. The third-order valence-electron chi connectivity index (χ3n) is 4.40. The second kappa shape index (κ2) is 9.88. The number of hydrogen-bond donors (Lipinski definition) is 0. The van der Waals surface area contributed by atoms with E-state index in [1.807, 2.05) is 0 Å². The highest BCUT2D eigenvalue weighted by molar-refractivity contribution is 7.90. The zero-order valence-electron chi connectivity index (χ0n) is 17.6. The Morgan fingerprint density at radius 1 is 1.21 bits per heavy atom. The third-order valence-corrected chi connectivity index (χ3v) is 6.55. The van der Waals surface area contributed by atoms with Crippen molar-refractivity contribution in [3.63, 3.8) is 0 Å². The van der Waals surface area contributed by atoms with Crippen LogP contribution < -0.4 is 4.80 Å². The molecule has 1 amide bonds. The topological polar surface area (TPSA) is 138 Å². The van der Waals surface area contributed by atoms with Gasteiger partial charge < -0.3 is 9.30 Å². The van der Waals surface area contributed by atoms with Gasteiger partial charge in [-0.3, -0.25) is 19.7 Å². The number of sulfone groups is 1. The van der Waals surface area contributed by atoms with Crippen molar-refractivity contribution in [2.24, 2.45) is 4.99 Å². The van der Waals surface area contributed by atoms with E-state index in [0.717, 1.165) is 17.6 Å². The molecule has 0 saturated heterocycles. The van der Waals surface area contributed by atoms with Gasteiger partial charge in [0.15, 0.2) is 14.6 Å². The molecule has 12 heteroatoms. The lowest BCUT2D eigenvalue weighted by molar-refractivity contribution is -0.384. The normalized spacial score (nSPS) is 12.4. The molecule has 3 aromatic rings. The second-order valence-corrected chi connectivity index (χ2v) is 9.83. The molecular formula is C21H19N3O7S2. The molecule has 0 bridgehead atoms. The number of hydrogen-bond acceptors (Lipinski definition) is 8. The molecule has 0 N–H and O–H groups in total. The van der Waals surface area contributed by atoms with Gasteiger partial charge in [0, 0.05) is 24.5 Å². The fourth-order valence-corrected chi connectivity index (χ4v) is 4.66. The van der Waals surface area contributed by atoms with Crippen LogP contribution in [0.5, 0.6) is 0 Å². The quantitative estimate of drug-likeness (QED) is 0.215. The number of carbonyl (C=O) groups excluding carboxylic acids is 2. The van der Waals surface area contributed by atoms with Gasteiger partial charge in [-0.25, -0.2) is 8.42 Å². The summed E-state index contributed by atoms with van der Waals surface area (Å²) in [4.78, 5) is 39.1. The van der Waals surface area contributed by atoms with E-state index >= 15 is 0 Å². The summed E-state index contributed by atoms with van der Waals surface area (Å²) in [7, 11) is -3.45. The standard InChI is InChI=1S/C21H19N3O7S2/c1-3-31-20(26)13-23-17-10-9-16(33(2,29)30)12-18(17)32-21(23)22-19(25)11-6-14-4-7-15(8-5-14)24(27)28/h4-12H,3,13H2,1-2H3/b11-6-,22-21?. The highest BCUT2D eigenvalue weighted by atomic mass is 32.2. The van der Waals surface area contributed by atoms with Gasteiger partial charge in [-0.05, 0) is 48.9 Å². The maximum absolute atomic E-state index is 12.4. The summed E-state index contributed by atoms with van der Waals surface area (Å²) < 4.78 is 30.8. The summed E-state index contributed by atoms with van der Waals surface area (Å²) in [6.07, 6.45) is 3.74. The monoisotopic (exact) mass is 489 g/mol. The highest BCUT2D eigenvalue weighted by Crippen LogP contribution is 2.22. The molecule has 0 saturated carbocycles. The summed E-state index contributed by atoms with van der Waals surface area (Å²) in [6.45, 7) is 1.65. The molecule has 0 fully saturated rings. The van der Waals surface area contributed by atoms with Crippen LogP contribution in [0.15, 0.2) is 58.4 Å². The largest absolute Gasteiger partial charge is 0.465 e. The van der Waals surface area contributed by atoms with Gasteiger partial charge in [0.25, 0.3) is 11.6 Å². The molecule has 0 radical (unpaired) electrons. The van der Waals surface area contributed by atoms with E-state index in [1.54, 1.807) is 13.0 Å². The molecular weight excluding hydrogens is 470 g/mol. The van der Waals surface area contributed by atoms with Gasteiger partial charge in [0.2, 0.25) is 0 Å². The van der Waals surface area contributed by atoms with Crippen molar-refractivity contribution < 1.29 is 27.7 Å². The van der Waals surface area contributed by atoms with Gasteiger partial charge in [0.1, 0.15) is 6.54 Å². The van der Waals surface area contributed by atoms with Crippen LogP contribution in [-0.2, 0) is 30.7 Å². The lowest BCUT2D eigenvalue weighted by Crippen LogP contribution is -2.22. The molecule has 0 aliphatic rings. The van der Waals surface area contributed by atoms with Crippen molar-refractivity contribution in [3.05, 3.63) is 69.0 Å². The smallest absolute Gasteiger partial charge is 0.326 e. The van der Waals surface area contributed by atoms with Crippen LogP contribution in [0.4, 0.5) is 5.69 Å². The Balaban J connectivity index is 2.00. The van der Waals surface area contributed by atoms with E-state index in [1.165, 1.54) is 53.1 Å². The minimum absolute atomic E-state index is 0.0677. The summed E-state index contributed by atoms with van der Waals surface area (Å²) in [5, 5.41) is 10.7. The van der Waals surface area contributed by atoms with Gasteiger partial charge >= 0.3 is 5.97 Å². The number of carbonyl (C=O) groups is 2. The number of ether oxygens (including phenoxy) is 1. The fraction of sp³-hybridized carbons (Fsp3) is 0.190. The number of esters is 1. The maximum atomic E-state index is 12.4. The minimum Gasteiger partial charge on any atom is -0.465 e. The van der Waals surface area contributed by atoms with Gasteiger partial charge in [0.05, 0.1) is 26.6 Å². The first-order chi connectivity index (χ1) is 15.6. The zero-order chi connectivity index (χ0) is 24.2. The van der Waals surface area contributed by atoms with E-state index in [9.17, 15) is 28.1 Å². The first-order valence-corrected chi connectivity index (χ1v) is 12.3. The molecule has 0 spiro atoms. The zero-order valence-corrected chi connectivity index (χ0v) is 19.3. The lowest BCUT2D eigenvalue weighted by atomic mass is 10.2. The number of benzene rings is 2. The summed E-state index contributed by atoms with van der Waals surface area (Å²) in [5.41, 5.74) is 1.03. The average molecular weight is 490 g/mol. The minimum atomic E-state index is -3.45. The van der Waals surface area contributed by atoms with E-state index in [-0.39, 0.29) is 28.5 Å². The first-order valence-electron chi connectivity index (χ1n) is 9.59. The number of rotatable bonds is 7. The molecule has 2 aromatic carbocycles. The Labute approximate surface area is 192 Å². The van der Waals surface area contributed by atoms with Gasteiger partial charge in [-0.2, -0.15) is 4.99 Å². The molecule has 3 rings (SSSR count). The van der Waals surface area contributed by atoms with Crippen molar-refractivity contribution in [2.45, 2.75) is 18.4 Å². The first kappa shape index (κ1) is 24.0. The van der Waals surface area contributed by atoms with Crippen molar-refractivity contribution >= 4 is 55.0 Å². The van der Waals surface area contributed by atoms with Gasteiger partial charge in [-0.1, -0.05) is 11.3 Å². The van der Waals surface area contributed by atoms with Crippen LogP contribution in [0.25, 0.3) is 16.3 Å². The van der Waals surface area contributed by atoms with Crippen LogP contribution in [-0.4, -0.2) is 42.6 Å². The van der Waals surface area contributed by atoms with Crippen LogP contribution in [0.3, 0.4) is 0 Å². The number of nitrogens with zero attached hydrogens (tertiary/aromatic N) is 3. The predicted molar refractivity (Wildman–Crippen MR) is 122 cm³/mol. The highest BCUT2D eigenvalue weighted by Gasteiger charge is 2.15. The summed E-state index contributed by atoms with van der Waals surface area (Å²) in [5.74, 6) is -1.15. The summed E-state index contributed by atoms with van der Waals surface area (Å²) >= 11 is 1.06. The molecule has 0 atom stereocenters. The Kier molecular flexibility index (Phi) is 7.19. The number of fused-ring (bicyclic) bond motifs is 1. The number of amides is 1. The predicted octanol–water partition coefficient (Wildman–Crippen LogP) is 2.72. The Bertz CT molecular complexity index is 1430. The third kappa shape index (κ3) is 5.99. The van der Waals surface area contributed by atoms with Crippen molar-refractivity contribution in [1.29, 1.82) is 0 Å². The number of thiazole rings is 1. The van der Waals surface area contributed by atoms with E-state index in [2.05, 4.69) is 4.99 Å². The number of nitro groups is 1. The number of aromatic nitrogens is 1. The fourth-order valence-electron chi connectivity index (χ4n) is 2.86. The maximum Gasteiger partial charge on any atom is 0.326 e. The lowest BCUT2D eigenvalue weighted by Gasteiger charge is -2.05. The average Bonchev–Trinajstić information content (AvgIpc) is 3.08. The van der Waals surface area contributed by atoms with Crippen LogP contribution in [0, 0.1) is 10.1 Å². The van der Waals surface area contributed by atoms with E-state index < -0.39 is 26.6 Å². The van der Waals surface area contributed by atoms with E-state index in [0.29, 0.717) is 15.8 Å². The van der Waals surface area contributed by atoms with E-state index in [4.69, 9.17) is 4.74 Å². The number of nitro benzene ring substituents is 1. The van der Waals surface area contributed by atoms with Crippen molar-refractivity contribution in [2.75, 3.05) is 12.9 Å². The van der Waals surface area contributed by atoms with Crippen molar-refractivity contribution in [3.8, 4) is 0 Å². The molecule has 1 heterocycles. The Morgan fingerprint density at radius 3 is 2.52 bits per heavy atom. The van der Waals surface area contributed by atoms with Crippen LogP contribution >= 0.6 is 11.3 Å². The molecule has 10 nitrogen and oxygen atoms in total. The van der Waals surface area contributed by atoms with Crippen LogP contribution in [0.2, 0.25) is 0 Å². The molecule has 0 aliphatic heterocycles. The molecule has 0 aliphatic carbocycles. The Hall–Kier alpha value is -3.64. The molecule has 172 valence electrons. The SMILES string of the molecule is CCOC(=O)Cn1c(=NC(=O)/C=C\c2ccc([N+](=O)[O-])cc2)sc2cc(S(C)(=O)=O)ccc21. The summed E-state index contributed by atoms with van der Waals surface area (Å²) in [6, 6.07) is 10.1. The van der Waals surface area contributed by atoms with Crippen molar-refractivity contribution in [1.82, 2.24) is 4.57 Å².